The maximum Gasteiger partial charge on any atom is 0.231 e. The van der Waals surface area contributed by atoms with Gasteiger partial charge in [-0.1, -0.05) is 36.4 Å². The summed E-state index contributed by atoms with van der Waals surface area (Å²) in [5.41, 5.74) is 1.92. The number of ether oxygens (including phenoxy) is 1. The Morgan fingerprint density at radius 2 is 1.97 bits per heavy atom. The molecule has 0 saturated carbocycles. The van der Waals surface area contributed by atoms with Crippen molar-refractivity contribution in [2.75, 3.05) is 31.6 Å². The number of thiazole rings is 1. The molecule has 2 N–H and O–H groups in total. The van der Waals surface area contributed by atoms with Gasteiger partial charge in [0.15, 0.2) is 5.13 Å². The lowest BCUT2D eigenvalue weighted by Crippen LogP contribution is -2.47. The number of nitrogens with one attached hydrogen (secondary N) is 2. The highest BCUT2D eigenvalue weighted by Gasteiger charge is 2.21. The van der Waals surface area contributed by atoms with E-state index in [-0.39, 0.29) is 24.3 Å². The van der Waals surface area contributed by atoms with E-state index in [1.807, 2.05) is 35.7 Å². The molecule has 9 heteroatoms. The zero-order valence-corrected chi connectivity index (χ0v) is 19.3. The van der Waals surface area contributed by atoms with Crippen molar-refractivity contribution in [3.05, 3.63) is 69.4 Å². The molecular formula is C23H26N4O3S2. The molecule has 1 saturated heterocycles. The van der Waals surface area contributed by atoms with E-state index in [1.165, 1.54) is 16.9 Å². The average Bonchev–Trinajstić information content (AvgIpc) is 3.45. The quantitative estimate of drug-likeness (QED) is 0.502. The van der Waals surface area contributed by atoms with Crippen LogP contribution in [-0.2, 0) is 33.7 Å². The molecule has 2 aromatic heterocycles. The largest absolute Gasteiger partial charge is 0.374 e. The lowest BCUT2D eigenvalue weighted by atomic mass is 10.2. The summed E-state index contributed by atoms with van der Waals surface area (Å²) < 4.78 is 5.82. The summed E-state index contributed by atoms with van der Waals surface area (Å²) in [7, 11) is 0. The van der Waals surface area contributed by atoms with Gasteiger partial charge in [0.05, 0.1) is 31.2 Å². The Bertz CT molecular complexity index is 1010. The highest BCUT2D eigenvalue weighted by molar-refractivity contribution is 7.14. The molecule has 0 radical (unpaired) electrons. The molecular weight excluding hydrogens is 444 g/mol. The van der Waals surface area contributed by atoms with Crippen molar-refractivity contribution in [1.82, 2.24) is 15.2 Å². The number of hydrogen-bond donors (Lipinski definition) is 2. The van der Waals surface area contributed by atoms with Gasteiger partial charge in [-0.2, -0.15) is 0 Å². The summed E-state index contributed by atoms with van der Waals surface area (Å²) in [6, 6.07) is 14.2. The van der Waals surface area contributed by atoms with Crippen LogP contribution < -0.4 is 10.6 Å². The highest BCUT2D eigenvalue weighted by atomic mass is 32.1. The molecule has 1 aliphatic heterocycles. The number of amides is 2. The molecule has 0 spiro atoms. The topological polar surface area (TPSA) is 83.6 Å². The number of thiophene rings is 1. The first-order valence-corrected chi connectivity index (χ1v) is 12.3. The van der Waals surface area contributed by atoms with Crippen molar-refractivity contribution in [3.63, 3.8) is 0 Å². The maximum absolute atomic E-state index is 12.4. The van der Waals surface area contributed by atoms with Gasteiger partial charge >= 0.3 is 0 Å². The Labute approximate surface area is 195 Å². The maximum atomic E-state index is 12.4. The molecule has 3 aromatic rings. The molecule has 1 unspecified atom stereocenters. The third-order valence-corrected chi connectivity index (χ3v) is 6.74. The second kappa shape index (κ2) is 11.3. The predicted molar refractivity (Wildman–Crippen MR) is 127 cm³/mol. The smallest absolute Gasteiger partial charge is 0.231 e. The Balaban J connectivity index is 1.18. The Hall–Kier alpha value is -2.59. The molecule has 168 valence electrons. The van der Waals surface area contributed by atoms with E-state index in [0.29, 0.717) is 30.4 Å². The number of morpholine rings is 1. The third kappa shape index (κ3) is 6.96. The van der Waals surface area contributed by atoms with Crippen molar-refractivity contribution in [2.24, 2.45) is 0 Å². The lowest BCUT2D eigenvalue weighted by molar-refractivity contribution is -0.121. The molecule has 3 heterocycles. The fourth-order valence-electron chi connectivity index (χ4n) is 3.52. The van der Waals surface area contributed by atoms with Gasteiger partial charge < -0.3 is 15.4 Å². The molecule has 2 amide bonds. The van der Waals surface area contributed by atoms with E-state index in [4.69, 9.17) is 4.74 Å². The average molecular weight is 471 g/mol. The van der Waals surface area contributed by atoms with Crippen molar-refractivity contribution >= 4 is 39.6 Å². The van der Waals surface area contributed by atoms with Crippen LogP contribution in [0, 0.1) is 0 Å². The fraction of sp³-hybridized carbons (Fsp3) is 0.348. The van der Waals surface area contributed by atoms with Crippen molar-refractivity contribution in [3.8, 4) is 0 Å². The molecule has 32 heavy (non-hydrogen) atoms. The normalized spacial score (nSPS) is 16.6. The van der Waals surface area contributed by atoms with Crippen LogP contribution in [0.25, 0.3) is 0 Å². The zero-order valence-electron chi connectivity index (χ0n) is 17.7. The minimum Gasteiger partial charge on any atom is -0.374 e. The van der Waals surface area contributed by atoms with Crippen LogP contribution in [0.2, 0.25) is 0 Å². The monoisotopic (exact) mass is 470 g/mol. The number of carbonyl (C=O) groups is 2. The predicted octanol–water partition coefficient (Wildman–Crippen LogP) is 2.95. The lowest BCUT2D eigenvalue weighted by Gasteiger charge is -2.33. The second-order valence-electron chi connectivity index (χ2n) is 7.64. The van der Waals surface area contributed by atoms with Crippen LogP contribution in [0.5, 0.6) is 0 Å². The number of nitrogens with zero attached hydrogens (tertiary/aromatic N) is 2. The molecule has 1 aliphatic rings. The molecule has 4 rings (SSSR count). The van der Waals surface area contributed by atoms with Gasteiger partial charge in [0, 0.05) is 36.4 Å². The van der Waals surface area contributed by atoms with Crippen LogP contribution in [0.4, 0.5) is 5.13 Å². The minimum atomic E-state index is -0.104. The van der Waals surface area contributed by atoms with Gasteiger partial charge in [0.2, 0.25) is 11.8 Å². The van der Waals surface area contributed by atoms with Gasteiger partial charge in [0.1, 0.15) is 0 Å². The SMILES string of the molecule is O=C(Cc1csc(NC(=O)Cc2cccs2)n1)NCC1CN(Cc2ccccc2)CCO1. The van der Waals surface area contributed by atoms with Crippen molar-refractivity contribution < 1.29 is 14.3 Å². The van der Waals surface area contributed by atoms with Gasteiger partial charge in [-0.3, -0.25) is 14.5 Å². The van der Waals surface area contributed by atoms with E-state index in [1.54, 1.807) is 16.7 Å². The second-order valence-corrected chi connectivity index (χ2v) is 9.53. The number of hydrogen-bond acceptors (Lipinski definition) is 7. The van der Waals surface area contributed by atoms with E-state index in [9.17, 15) is 9.59 Å². The summed E-state index contributed by atoms with van der Waals surface area (Å²) in [6.45, 7) is 3.69. The van der Waals surface area contributed by atoms with Crippen LogP contribution >= 0.6 is 22.7 Å². The molecule has 1 atom stereocenters. The minimum absolute atomic E-state index is 0.0288. The molecule has 1 fully saturated rings. The van der Waals surface area contributed by atoms with E-state index >= 15 is 0 Å². The summed E-state index contributed by atoms with van der Waals surface area (Å²) in [5, 5.41) is 10.0. The van der Waals surface area contributed by atoms with Crippen molar-refractivity contribution in [2.45, 2.75) is 25.5 Å². The van der Waals surface area contributed by atoms with Crippen LogP contribution in [0.3, 0.4) is 0 Å². The number of aromatic nitrogens is 1. The Morgan fingerprint density at radius 1 is 1.09 bits per heavy atom. The first-order valence-electron chi connectivity index (χ1n) is 10.6. The highest BCUT2D eigenvalue weighted by Crippen LogP contribution is 2.17. The number of rotatable bonds is 9. The van der Waals surface area contributed by atoms with E-state index in [2.05, 4.69) is 32.7 Å². The van der Waals surface area contributed by atoms with Gasteiger partial charge in [0.25, 0.3) is 0 Å². The van der Waals surface area contributed by atoms with Gasteiger partial charge in [-0.05, 0) is 17.0 Å². The Morgan fingerprint density at radius 3 is 2.78 bits per heavy atom. The number of benzene rings is 1. The molecule has 0 aliphatic carbocycles. The van der Waals surface area contributed by atoms with E-state index in [0.717, 1.165) is 24.5 Å². The van der Waals surface area contributed by atoms with Crippen LogP contribution in [-0.4, -0.2) is 54.0 Å². The standard InChI is InChI=1S/C23H26N4O3S2/c28-21(11-18-16-32-23(25-18)26-22(29)12-20-7-4-10-31-20)24-13-19-15-27(8-9-30-19)14-17-5-2-1-3-6-17/h1-7,10,16,19H,8-9,11-15H2,(H,24,28)(H,25,26,29). The summed E-state index contributed by atoms with van der Waals surface area (Å²) in [6.07, 6.45) is 0.479. The van der Waals surface area contributed by atoms with Crippen molar-refractivity contribution in [1.29, 1.82) is 0 Å². The Kier molecular flexibility index (Phi) is 8.00. The summed E-state index contributed by atoms with van der Waals surface area (Å²) in [5.74, 6) is -0.206. The molecule has 0 bridgehead atoms. The summed E-state index contributed by atoms with van der Waals surface area (Å²) >= 11 is 2.88. The molecule has 7 nitrogen and oxygen atoms in total. The summed E-state index contributed by atoms with van der Waals surface area (Å²) in [4.78, 5) is 32.2. The first-order chi connectivity index (χ1) is 15.6. The first kappa shape index (κ1) is 22.6. The zero-order chi connectivity index (χ0) is 22.2. The number of carbonyl (C=O) groups excluding carboxylic acids is 2. The third-order valence-electron chi connectivity index (χ3n) is 5.05. The fourth-order valence-corrected chi connectivity index (χ4v) is 4.95. The molecule has 1 aromatic carbocycles. The van der Waals surface area contributed by atoms with E-state index < -0.39 is 0 Å². The number of anilines is 1. The van der Waals surface area contributed by atoms with Gasteiger partial charge in [-0.25, -0.2) is 4.98 Å². The van der Waals surface area contributed by atoms with Gasteiger partial charge in [-0.15, -0.1) is 22.7 Å². The van der Waals surface area contributed by atoms with Crippen LogP contribution in [0.15, 0.2) is 53.2 Å². The van der Waals surface area contributed by atoms with Crippen LogP contribution in [0.1, 0.15) is 16.1 Å².